The summed E-state index contributed by atoms with van der Waals surface area (Å²) in [7, 11) is -4.15. The van der Waals surface area contributed by atoms with Crippen LogP contribution in [-0.4, -0.2) is 37.9 Å². The fourth-order valence-electron chi connectivity index (χ4n) is 2.65. The molecule has 8 nitrogen and oxygen atoms in total. The summed E-state index contributed by atoms with van der Waals surface area (Å²) in [5, 5.41) is 10.4. The minimum absolute atomic E-state index is 0.00675. The van der Waals surface area contributed by atoms with E-state index in [9.17, 15) is 18.4 Å². The number of benzene rings is 2. The number of nitrogens with zero attached hydrogens (tertiary/aromatic N) is 1. The molecule has 0 spiro atoms. The van der Waals surface area contributed by atoms with Gasteiger partial charge in [-0.05, 0) is 61.4 Å². The van der Waals surface area contributed by atoms with Gasteiger partial charge in [0.1, 0.15) is 11.5 Å². The first-order chi connectivity index (χ1) is 13.3. The van der Waals surface area contributed by atoms with Crippen molar-refractivity contribution in [1.29, 1.82) is 0 Å². The maximum Gasteiger partial charge on any atom is 0.267 e. The van der Waals surface area contributed by atoms with Crippen molar-refractivity contribution in [2.45, 2.75) is 17.7 Å². The Balaban J connectivity index is 1.64. The van der Waals surface area contributed by atoms with Crippen molar-refractivity contribution in [3.05, 3.63) is 53.6 Å². The van der Waals surface area contributed by atoms with Crippen LogP contribution in [-0.2, 0) is 19.6 Å². The minimum atomic E-state index is -4.15. The normalized spacial score (nSPS) is 17.1. The number of sulfonamides is 1. The summed E-state index contributed by atoms with van der Waals surface area (Å²) < 4.78 is 35.5. The number of ether oxygens (including phenoxy) is 2. The van der Waals surface area contributed by atoms with Gasteiger partial charge >= 0.3 is 0 Å². The summed E-state index contributed by atoms with van der Waals surface area (Å²) in [6, 6.07) is 12.2. The van der Waals surface area contributed by atoms with Gasteiger partial charge in [0, 0.05) is 11.6 Å². The lowest BCUT2D eigenvalue weighted by atomic mass is 10.0. The van der Waals surface area contributed by atoms with Crippen LogP contribution in [0.1, 0.15) is 12.8 Å². The Hall–Kier alpha value is -2.17. The number of halogens is 1. The third-order valence-electron chi connectivity index (χ3n) is 4.11. The molecule has 0 unspecified atom stereocenters. The monoisotopic (exact) mass is 426 g/mol. The van der Waals surface area contributed by atoms with Crippen molar-refractivity contribution in [2.24, 2.45) is 5.92 Å². The van der Waals surface area contributed by atoms with Crippen LogP contribution in [0.4, 0.5) is 0 Å². The van der Waals surface area contributed by atoms with E-state index in [0.717, 1.165) is 0 Å². The lowest BCUT2D eigenvalue weighted by Crippen LogP contribution is -2.47. The number of carbonyl (C=O) groups excluding carboxylic acids is 1. The summed E-state index contributed by atoms with van der Waals surface area (Å²) in [4.78, 5) is 13.8. The highest BCUT2D eigenvalue weighted by Crippen LogP contribution is 2.24. The number of nitrogens with one attached hydrogen (secondary N) is 1. The molecule has 10 heteroatoms. The highest BCUT2D eigenvalue weighted by atomic mass is 35.5. The van der Waals surface area contributed by atoms with Gasteiger partial charge in [-0.15, -0.1) is 5.17 Å². The van der Waals surface area contributed by atoms with Crippen molar-refractivity contribution in [3.8, 4) is 11.5 Å². The molecule has 2 N–H and O–H groups in total. The van der Waals surface area contributed by atoms with Crippen molar-refractivity contribution < 1.29 is 27.9 Å². The molecule has 3 rings (SSSR count). The zero-order valence-corrected chi connectivity index (χ0v) is 16.3. The summed E-state index contributed by atoms with van der Waals surface area (Å²) in [5.41, 5.74) is 0. The average Bonchev–Trinajstić information content (AvgIpc) is 2.70. The average molecular weight is 427 g/mol. The van der Waals surface area contributed by atoms with Gasteiger partial charge in [0.25, 0.3) is 15.9 Å². The SMILES string of the molecule is O=C([C@@H]1CCCOC1)N(O)NS(=O)(=O)c1ccc(Oc2ccc(Cl)cc2)cc1. The standard InChI is InChI=1S/C18H19ClN2O6S/c19-14-3-5-15(6-4-14)27-16-7-9-17(10-8-16)28(24,25)20-21(23)18(22)13-2-1-11-26-12-13/h3-10,13,20,23H,1-2,11-12H2/t13-/m1/s1. The first-order valence-corrected chi connectivity index (χ1v) is 10.4. The van der Waals surface area contributed by atoms with E-state index < -0.39 is 21.8 Å². The summed E-state index contributed by atoms with van der Waals surface area (Å²) in [5.74, 6) is -0.389. The maximum absolute atomic E-state index is 12.4. The highest BCUT2D eigenvalue weighted by Gasteiger charge is 2.29. The number of hydroxylamine groups is 1. The molecule has 0 saturated carbocycles. The maximum atomic E-state index is 12.4. The molecule has 1 atom stereocenters. The molecule has 1 aliphatic rings. The summed E-state index contributed by atoms with van der Waals surface area (Å²) >= 11 is 5.81. The quantitative estimate of drug-likeness (QED) is 0.543. The van der Waals surface area contributed by atoms with Gasteiger partial charge in [0.2, 0.25) is 0 Å². The number of carbonyl (C=O) groups is 1. The van der Waals surface area contributed by atoms with Crippen molar-refractivity contribution in [1.82, 2.24) is 10.0 Å². The molecule has 1 aliphatic heterocycles. The number of hydrogen-bond acceptors (Lipinski definition) is 6. The summed E-state index contributed by atoms with van der Waals surface area (Å²) in [6.07, 6.45) is 1.19. The third-order valence-corrected chi connectivity index (χ3v) is 5.67. The Kier molecular flexibility index (Phi) is 6.53. The lowest BCUT2D eigenvalue weighted by Gasteiger charge is -2.24. The Morgan fingerprint density at radius 2 is 1.75 bits per heavy atom. The van der Waals surface area contributed by atoms with Gasteiger partial charge in [-0.1, -0.05) is 16.4 Å². The Morgan fingerprint density at radius 3 is 2.32 bits per heavy atom. The Morgan fingerprint density at radius 1 is 1.14 bits per heavy atom. The number of rotatable bonds is 6. The van der Waals surface area contributed by atoms with Crippen LogP contribution in [0.15, 0.2) is 53.4 Å². The van der Waals surface area contributed by atoms with Crippen LogP contribution in [0, 0.1) is 5.92 Å². The molecule has 2 aromatic carbocycles. The van der Waals surface area contributed by atoms with E-state index in [0.29, 0.717) is 36.0 Å². The van der Waals surface area contributed by atoms with Crippen LogP contribution in [0.25, 0.3) is 0 Å². The molecular formula is C18H19ClN2O6S. The number of hydrazine groups is 1. The molecule has 150 valence electrons. The summed E-state index contributed by atoms with van der Waals surface area (Å²) in [6.45, 7) is 0.694. The Bertz CT molecular complexity index is 912. The van der Waals surface area contributed by atoms with Crippen LogP contribution in [0.5, 0.6) is 11.5 Å². The molecule has 0 radical (unpaired) electrons. The lowest BCUT2D eigenvalue weighted by molar-refractivity contribution is -0.181. The van der Waals surface area contributed by atoms with E-state index in [2.05, 4.69) is 0 Å². The highest BCUT2D eigenvalue weighted by molar-refractivity contribution is 7.89. The van der Waals surface area contributed by atoms with Crippen LogP contribution in [0.3, 0.4) is 0 Å². The third kappa shape index (κ3) is 5.21. The molecule has 0 aromatic heterocycles. The topological polar surface area (TPSA) is 105 Å². The van der Waals surface area contributed by atoms with Gasteiger partial charge in [0.05, 0.1) is 17.4 Å². The fourth-order valence-corrected chi connectivity index (χ4v) is 3.69. The Labute approximate surface area is 167 Å². The molecule has 1 heterocycles. The van der Waals surface area contributed by atoms with Gasteiger partial charge < -0.3 is 9.47 Å². The molecule has 1 saturated heterocycles. The van der Waals surface area contributed by atoms with E-state index in [4.69, 9.17) is 21.1 Å². The van der Waals surface area contributed by atoms with E-state index in [1.165, 1.54) is 24.3 Å². The molecular weight excluding hydrogens is 408 g/mol. The second kappa shape index (κ2) is 8.89. The van der Waals surface area contributed by atoms with E-state index in [-0.39, 0.29) is 16.7 Å². The molecule has 1 fully saturated rings. The van der Waals surface area contributed by atoms with Crippen molar-refractivity contribution in [3.63, 3.8) is 0 Å². The van der Waals surface area contributed by atoms with Crippen molar-refractivity contribution >= 4 is 27.5 Å². The number of hydrogen-bond donors (Lipinski definition) is 2. The molecule has 0 aliphatic carbocycles. The van der Waals surface area contributed by atoms with Gasteiger partial charge in [0.15, 0.2) is 0 Å². The van der Waals surface area contributed by atoms with Crippen LogP contribution < -0.4 is 9.57 Å². The first kappa shape index (κ1) is 20.6. The molecule has 28 heavy (non-hydrogen) atoms. The zero-order chi connectivity index (χ0) is 20.1. The minimum Gasteiger partial charge on any atom is -0.457 e. The smallest absolute Gasteiger partial charge is 0.267 e. The zero-order valence-electron chi connectivity index (χ0n) is 14.7. The van der Waals surface area contributed by atoms with Crippen LogP contribution >= 0.6 is 11.6 Å². The van der Waals surface area contributed by atoms with Gasteiger partial charge in [-0.3, -0.25) is 10.0 Å². The second-order valence-corrected chi connectivity index (χ2v) is 8.28. The molecule has 0 bridgehead atoms. The molecule has 2 aromatic rings. The predicted octanol–water partition coefficient (Wildman–Crippen LogP) is 2.97. The first-order valence-electron chi connectivity index (χ1n) is 8.52. The second-order valence-electron chi connectivity index (χ2n) is 6.19. The van der Waals surface area contributed by atoms with E-state index >= 15 is 0 Å². The predicted molar refractivity (Wildman–Crippen MR) is 100 cm³/mol. The van der Waals surface area contributed by atoms with Crippen molar-refractivity contribution in [2.75, 3.05) is 13.2 Å². The van der Waals surface area contributed by atoms with Gasteiger partial charge in [-0.25, -0.2) is 8.42 Å². The van der Waals surface area contributed by atoms with Gasteiger partial charge in [-0.2, -0.15) is 0 Å². The van der Waals surface area contributed by atoms with E-state index in [1.807, 2.05) is 4.83 Å². The molecule has 1 amide bonds. The number of amides is 1. The fraction of sp³-hybridized carbons (Fsp3) is 0.278. The van der Waals surface area contributed by atoms with Crippen LogP contribution in [0.2, 0.25) is 5.02 Å². The van der Waals surface area contributed by atoms with E-state index in [1.54, 1.807) is 24.3 Å². The largest absolute Gasteiger partial charge is 0.457 e.